The van der Waals surface area contributed by atoms with Gasteiger partial charge in [0.05, 0.1) is 0 Å². The van der Waals surface area contributed by atoms with E-state index in [1.54, 1.807) is 0 Å². The van der Waals surface area contributed by atoms with E-state index in [-0.39, 0.29) is 0 Å². The standard InChI is InChI=1S/C22H28N2O/c1-18-9-10-22(25-16-15-24-13-11-23(3)12-14-24)21(17-18)19(2)20-7-5-4-6-8-20/h4-10,17H,2,11-16H2,1,3H3. The average molecular weight is 336 g/mol. The number of benzene rings is 2. The third-order valence-corrected chi connectivity index (χ3v) is 4.84. The van der Waals surface area contributed by atoms with E-state index >= 15 is 0 Å². The summed E-state index contributed by atoms with van der Waals surface area (Å²) in [6.07, 6.45) is 0. The molecule has 1 aliphatic rings. The highest BCUT2D eigenvalue weighted by Crippen LogP contribution is 2.30. The van der Waals surface area contributed by atoms with Crippen LogP contribution in [-0.2, 0) is 0 Å². The summed E-state index contributed by atoms with van der Waals surface area (Å²) in [7, 11) is 2.18. The quantitative estimate of drug-likeness (QED) is 0.800. The molecule has 1 aliphatic heterocycles. The van der Waals surface area contributed by atoms with Crippen molar-refractivity contribution in [1.29, 1.82) is 0 Å². The molecule has 0 radical (unpaired) electrons. The Kier molecular flexibility index (Phi) is 5.90. The molecular weight excluding hydrogens is 308 g/mol. The molecule has 0 atom stereocenters. The largest absolute Gasteiger partial charge is 0.492 e. The first-order valence-corrected chi connectivity index (χ1v) is 9.02. The van der Waals surface area contributed by atoms with E-state index in [2.05, 4.69) is 60.7 Å². The maximum Gasteiger partial charge on any atom is 0.127 e. The van der Waals surface area contributed by atoms with Crippen molar-refractivity contribution >= 4 is 5.57 Å². The van der Waals surface area contributed by atoms with Gasteiger partial charge in [-0.2, -0.15) is 0 Å². The number of nitrogens with zero attached hydrogens (tertiary/aromatic N) is 2. The second-order valence-electron chi connectivity index (χ2n) is 6.84. The maximum atomic E-state index is 6.15. The Morgan fingerprint density at radius 3 is 2.48 bits per heavy atom. The van der Waals surface area contributed by atoms with Crippen LogP contribution >= 0.6 is 0 Å². The fourth-order valence-electron chi connectivity index (χ4n) is 3.16. The molecule has 25 heavy (non-hydrogen) atoms. The van der Waals surface area contributed by atoms with Gasteiger partial charge in [0.1, 0.15) is 12.4 Å². The van der Waals surface area contributed by atoms with Gasteiger partial charge in [0, 0.05) is 38.3 Å². The van der Waals surface area contributed by atoms with Crippen LogP contribution < -0.4 is 4.74 Å². The first-order chi connectivity index (χ1) is 12.1. The molecule has 1 heterocycles. The zero-order chi connectivity index (χ0) is 17.6. The van der Waals surface area contributed by atoms with Crippen molar-refractivity contribution in [2.24, 2.45) is 0 Å². The van der Waals surface area contributed by atoms with Crippen molar-refractivity contribution in [2.45, 2.75) is 6.92 Å². The van der Waals surface area contributed by atoms with Crippen LogP contribution in [0.25, 0.3) is 5.57 Å². The number of hydrogen-bond donors (Lipinski definition) is 0. The number of ether oxygens (including phenoxy) is 1. The highest BCUT2D eigenvalue weighted by atomic mass is 16.5. The highest BCUT2D eigenvalue weighted by molar-refractivity contribution is 5.81. The summed E-state index contributed by atoms with van der Waals surface area (Å²) in [4.78, 5) is 4.85. The molecule has 0 aromatic heterocycles. The molecule has 1 saturated heterocycles. The molecular formula is C22H28N2O. The number of likely N-dealkylation sites (N-methyl/N-ethyl adjacent to an activating group) is 1. The summed E-state index contributed by atoms with van der Waals surface area (Å²) in [6.45, 7) is 12.6. The van der Waals surface area contributed by atoms with Crippen LogP contribution in [0.2, 0.25) is 0 Å². The van der Waals surface area contributed by atoms with Gasteiger partial charge in [-0.3, -0.25) is 4.90 Å². The number of aryl methyl sites for hydroxylation is 1. The molecule has 0 bridgehead atoms. The minimum atomic E-state index is 0.710. The van der Waals surface area contributed by atoms with Crippen molar-refractivity contribution in [1.82, 2.24) is 9.80 Å². The Balaban J connectivity index is 1.66. The summed E-state index contributed by atoms with van der Waals surface area (Å²) in [5.74, 6) is 0.925. The van der Waals surface area contributed by atoms with Crippen LogP contribution in [0.1, 0.15) is 16.7 Å². The summed E-state index contributed by atoms with van der Waals surface area (Å²) in [5.41, 5.74) is 4.46. The molecule has 0 aliphatic carbocycles. The predicted molar refractivity (Wildman–Crippen MR) is 105 cm³/mol. The summed E-state index contributed by atoms with van der Waals surface area (Å²) in [5, 5.41) is 0. The Morgan fingerprint density at radius 1 is 1.04 bits per heavy atom. The minimum Gasteiger partial charge on any atom is -0.492 e. The van der Waals surface area contributed by atoms with Gasteiger partial charge in [0.25, 0.3) is 0 Å². The van der Waals surface area contributed by atoms with Crippen LogP contribution in [-0.4, -0.2) is 56.2 Å². The van der Waals surface area contributed by atoms with Crippen molar-refractivity contribution < 1.29 is 4.74 Å². The van der Waals surface area contributed by atoms with Gasteiger partial charge in [-0.05, 0) is 37.2 Å². The van der Waals surface area contributed by atoms with Crippen molar-refractivity contribution in [3.63, 3.8) is 0 Å². The van der Waals surface area contributed by atoms with Crippen LogP contribution in [0.4, 0.5) is 0 Å². The second kappa shape index (κ2) is 8.32. The summed E-state index contributed by atoms with van der Waals surface area (Å²) >= 11 is 0. The van der Waals surface area contributed by atoms with Crippen molar-refractivity contribution in [3.05, 3.63) is 71.8 Å². The average Bonchev–Trinajstić information content (AvgIpc) is 2.64. The van der Waals surface area contributed by atoms with Crippen molar-refractivity contribution in [2.75, 3.05) is 46.4 Å². The van der Waals surface area contributed by atoms with Crippen LogP contribution in [0.5, 0.6) is 5.75 Å². The lowest BCUT2D eigenvalue weighted by molar-refractivity contribution is 0.133. The van der Waals surface area contributed by atoms with E-state index in [1.807, 2.05) is 18.2 Å². The fourth-order valence-corrected chi connectivity index (χ4v) is 3.16. The van der Waals surface area contributed by atoms with Crippen LogP contribution in [0.15, 0.2) is 55.1 Å². The van der Waals surface area contributed by atoms with E-state index in [1.165, 1.54) is 5.56 Å². The topological polar surface area (TPSA) is 15.7 Å². The molecule has 2 aromatic carbocycles. The number of piperazine rings is 1. The molecule has 3 rings (SSSR count). The van der Waals surface area contributed by atoms with E-state index < -0.39 is 0 Å². The fraction of sp³-hybridized carbons (Fsp3) is 0.364. The number of hydrogen-bond acceptors (Lipinski definition) is 3. The normalized spacial score (nSPS) is 15.9. The molecule has 132 valence electrons. The lowest BCUT2D eigenvalue weighted by Crippen LogP contribution is -2.45. The van der Waals surface area contributed by atoms with Crippen LogP contribution in [0, 0.1) is 6.92 Å². The lowest BCUT2D eigenvalue weighted by Gasteiger charge is -2.32. The molecule has 1 fully saturated rings. The Bertz CT molecular complexity index is 703. The Morgan fingerprint density at radius 2 is 1.76 bits per heavy atom. The zero-order valence-corrected chi connectivity index (χ0v) is 15.4. The SMILES string of the molecule is C=C(c1ccccc1)c1cc(C)ccc1OCCN1CCN(C)CC1. The summed E-state index contributed by atoms with van der Waals surface area (Å²) < 4.78 is 6.15. The molecule has 2 aromatic rings. The van der Waals surface area contributed by atoms with E-state index in [0.717, 1.165) is 55.2 Å². The van der Waals surface area contributed by atoms with E-state index in [4.69, 9.17) is 4.74 Å². The molecule has 0 amide bonds. The molecule has 0 spiro atoms. The molecule has 0 saturated carbocycles. The molecule has 3 heteroatoms. The first kappa shape index (κ1) is 17.7. The van der Waals surface area contributed by atoms with Gasteiger partial charge in [-0.1, -0.05) is 48.5 Å². The van der Waals surface area contributed by atoms with Gasteiger partial charge in [0.15, 0.2) is 0 Å². The van der Waals surface area contributed by atoms with Gasteiger partial charge >= 0.3 is 0 Å². The molecule has 3 nitrogen and oxygen atoms in total. The smallest absolute Gasteiger partial charge is 0.127 e. The van der Waals surface area contributed by atoms with E-state index in [0.29, 0.717) is 6.61 Å². The zero-order valence-electron chi connectivity index (χ0n) is 15.4. The van der Waals surface area contributed by atoms with Gasteiger partial charge in [-0.15, -0.1) is 0 Å². The highest BCUT2D eigenvalue weighted by Gasteiger charge is 2.14. The van der Waals surface area contributed by atoms with E-state index in [9.17, 15) is 0 Å². The van der Waals surface area contributed by atoms with Gasteiger partial charge in [-0.25, -0.2) is 0 Å². The molecule has 0 N–H and O–H groups in total. The third-order valence-electron chi connectivity index (χ3n) is 4.84. The van der Waals surface area contributed by atoms with Crippen molar-refractivity contribution in [3.8, 4) is 5.75 Å². The predicted octanol–water partition coefficient (Wildman–Crippen LogP) is 3.68. The minimum absolute atomic E-state index is 0.710. The third kappa shape index (κ3) is 4.71. The second-order valence-corrected chi connectivity index (χ2v) is 6.84. The Labute approximate surface area is 151 Å². The number of rotatable bonds is 6. The monoisotopic (exact) mass is 336 g/mol. The van der Waals surface area contributed by atoms with Gasteiger partial charge in [0.2, 0.25) is 0 Å². The lowest BCUT2D eigenvalue weighted by atomic mass is 9.97. The maximum absolute atomic E-state index is 6.15. The van der Waals surface area contributed by atoms with Gasteiger partial charge < -0.3 is 9.64 Å². The first-order valence-electron chi connectivity index (χ1n) is 9.02. The summed E-state index contributed by atoms with van der Waals surface area (Å²) in [6, 6.07) is 16.7. The van der Waals surface area contributed by atoms with Crippen LogP contribution in [0.3, 0.4) is 0 Å². The molecule has 0 unspecified atom stereocenters. The Hall–Kier alpha value is -2.10.